The monoisotopic (exact) mass is 547 g/mol. The maximum atomic E-state index is 12.6. The summed E-state index contributed by atoms with van der Waals surface area (Å²) in [5.41, 5.74) is 5.00. The molecule has 0 spiro atoms. The van der Waals surface area contributed by atoms with Gasteiger partial charge in [0.05, 0.1) is 58.1 Å². The molecule has 212 valence electrons. The zero-order valence-electron chi connectivity index (χ0n) is 21.9. The molecule has 1 aliphatic heterocycles. The Kier molecular flexibility index (Phi) is 17.0. The molecule has 1 unspecified atom stereocenters. The standard InChI is InChI=1S/C24H41N3O9S/c1-24(2,6-3-9-28)37-19-18-22(31)27(23(19)32)8-4-21(30)26-7-11-34-13-15-36-17-16-35-14-12-33-10-5-20(25)29/h9,19H,3-8,10-18H2,1-2H3,(H2,25,29)(H,26,30). The van der Waals surface area contributed by atoms with E-state index in [9.17, 15) is 24.0 Å². The lowest BCUT2D eigenvalue weighted by Crippen LogP contribution is -2.36. The van der Waals surface area contributed by atoms with Crippen LogP contribution in [0.25, 0.3) is 0 Å². The Bertz CT molecular complexity index is 736. The summed E-state index contributed by atoms with van der Waals surface area (Å²) in [4.78, 5) is 59.3. The normalized spacial score (nSPS) is 15.8. The summed E-state index contributed by atoms with van der Waals surface area (Å²) in [5.74, 6) is -1.21. The molecule has 13 heteroatoms. The predicted octanol–water partition coefficient (Wildman–Crippen LogP) is 0.0529. The SMILES string of the molecule is CC(C)(CCC=O)SC1CC(=O)N(CCC(=O)NCCOCCOCCOCCOCCC(N)=O)C1=O. The third-order valence-electron chi connectivity index (χ3n) is 5.27. The Balaban J connectivity index is 2.02. The van der Waals surface area contributed by atoms with Crippen molar-refractivity contribution in [2.45, 2.75) is 55.9 Å². The number of aldehydes is 1. The number of primary amides is 1. The summed E-state index contributed by atoms with van der Waals surface area (Å²) in [5, 5.41) is 2.23. The van der Waals surface area contributed by atoms with Crippen LogP contribution in [0.5, 0.6) is 0 Å². The van der Waals surface area contributed by atoms with E-state index in [2.05, 4.69) is 5.32 Å². The highest BCUT2D eigenvalue weighted by Gasteiger charge is 2.41. The zero-order valence-corrected chi connectivity index (χ0v) is 22.7. The molecule has 1 heterocycles. The van der Waals surface area contributed by atoms with E-state index < -0.39 is 11.2 Å². The first-order chi connectivity index (χ1) is 17.7. The van der Waals surface area contributed by atoms with E-state index in [1.165, 1.54) is 11.8 Å². The average Bonchev–Trinajstić information content (AvgIpc) is 3.09. The molecule has 0 saturated carbocycles. The predicted molar refractivity (Wildman–Crippen MR) is 137 cm³/mol. The lowest BCUT2D eigenvalue weighted by molar-refractivity contribution is -0.138. The van der Waals surface area contributed by atoms with Crippen molar-refractivity contribution >= 4 is 41.7 Å². The molecule has 3 N–H and O–H groups in total. The van der Waals surface area contributed by atoms with Gasteiger partial charge in [-0.1, -0.05) is 13.8 Å². The molecule has 37 heavy (non-hydrogen) atoms. The Labute approximate surface area is 222 Å². The number of amides is 4. The number of nitrogens with two attached hydrogens (primary N) is 1. The molecular weight excluding hydrogens is 506 g/mol. The zero-order chi connectivity index (χ0) is 27.5. The van der Waals surface area contributed by atoms with E-state index in [-0.39, 0.29) is 54.9 Å². The lowest BCUT2D eigenvalue weighted by atomic mass is 10.1. The van der Waals surface area contributed by atoms with Crippen molar-refractivity contribution in [3.8, 4) is 0 Å². The fraction of sp³-hybridized carbons (Fsp3) is 0.792. The first-order valence-electron chi connectivity index (χ1n) is 12.5. The molecular formula is C24H41N3O9S. The van der Waals surface area contributed by atoms with Gasteiger partial charge in [0.2, 0.25) is 23.6 Å². The summed E-state index contributed by atoms with van der Waals surface area (Å²) in [6.45, 7) is 7.21. The van der Waals surface area contributed by atoms with E-state index in [1.54, 1.807) is 0 Å². The van der Waals surface area contributed by atoms with Crippen LogP contribution in [-0.4, -0.2) is 111 Å². The van der Waals surface area contributed by atoms with Gasteiger partial charge < -0.3 is 34.8 Å². The molecule has 1 saturated heterocycles. The van der Waals surface area contributed by atoms with Crippen molar-refractivity contribution in [2.75, 3.05) is 65.9 Å². The maximum absolute atomic E-state index is 12.6. The number of carbonyl (C=O) groups is 5. The summed E-state index contributed by atoms with van der Waals surface area (Å²) in [6, 6.07) is 0. The van der Waals surface area contributed by atoms with E-state index in [0.717, 1.165) is 11.2 Å². The quantitative estimate of drug-likeness (QED) is 0.101. The second kappa shape index (κ2) is 19.1. The minimum atomic E-state index is -0.479. The molecule has 1 fully saturated rings. The van der Waals surface area contributed by atoms with Gasteiger partial charge in [0.25, 0.3) is 0 Å². The van der Waals surface area contributed by atoms with Gasteiger partial charge >= 0.3 is 0 Å². The molecule has 0 aromatic carbocycles. The third-order valence-corrected chi connectivity index (χ3v) is 6.76. The Hall–Kier alpha value is -2.06. The van der Waals surface area contributed by atoms with Gasteiger partial charge in [0.15, 0.2) is 0 Å². The van der Waals surface area contributed by atoms with Gasteiger partial charge in [0.1, 0.15) is 6.29 Å². The van der Waals surface area contributed by atoms with Gasteiger partial charge in [-0.05, 0) is 6.42 Å². The van der Waals surface area contributed by atoms with Gasteiger partial charge in [-0.25, -0.2) is 0 Å². The number of thioether (sulfide) groups is 1. The highest BCUT2D eigenvalue weighted by Crippen LogP contribution is 2.37. The van der Waals surface area contributed by atoms with Crippen molar-refractivity contribution < 1.29 is 42.9 Å². The number of ether oxygens (including phenoxy) is 4. The first kappa shape index (κ1) is 33.0. The molecule has 0 aliphatic carbocycles. The topological polar surface area (TPSA) is 164 Å². The number of hydrogen-bond acceptors (Lipinski definition) is 10. The van der Waals surface area contributed by atoms with E-state index in [4.69, 9.17) is 24.7 Å². The Morgan fingerprint density at radius 1 is 1.00 bits per heavy atom. The van der Waals surface area contributed by atoms with Gasteiger partial charge in [-0.15, -0.1) is 11.8 Å². The number of rotatable bonds is 23. The highest BCUT2D eigenvalue weighted by molar-refractivity contribution is 8.02. The number of nitrogens with zero attached hydrogens (tertiary/aromatic N) is 1. The Morgan fingerprint density at radius 2 is 1.57 bits per heavy atom. The van der Waals surface area contributed by atoms with Gasteiger partial charge in [0, 0.05) is 43.5 Å². The van der Waals surface area contributed by atoms with Crippen LogP contribution in [0.4, 0.5) is 0 Å². The fourth-order valence-electron chi connectivity index (χ4n) is 3.33. The minimum Gasteiger partial charge on any atom is -0.379 e. The van der Waals surface area contributed by atoms with Crippen molar-refractivity contribution in [2.24, 2.45) is 5.73 Å². The fourth-order valence-corrected chi connectivity index (χ4v) is 4.79. The molecule has 0 bridgehead atoms. The van der Waals surface area contributed by atoms with Crippen molar-refractivity contribution in [3.05, 3.63) is 0 Å². The molecule has 0 radical (unpaired) electrons. The third kappa shape index (κ3) is 15.7. The molecule has 0 aromatic heterocycles. The average molecular weight is 548 g/mol. The van der Waals surface area contributed by atoms with Crippen LogP contribution in [0, 0.1) is 0 Å². The van der Waals surface area contributed by atoms with Crippen LogP contribution in [0.2, 0.25) is 0 Å². The van der Waals surface area contributed by atoms with Crippen molar-refractivity contribution in [3.63, 3.8) is 0 Å². The van der Waals surface area contributed by atoms with Gasteiger partial charge in [-0.2, -0.15) is 0 Å². The van der Waals surface area contributed by atoms with E-state index in [1.807, 2.05) is 13.8 Å². The van der Waals surface area contributed by atoms with E-state index in [0.29, 0.717) is 65.6 Å². The van der Waals surface area contributed by atoms with Crippen molar-refractivity contribution in [1.29, 1.82) is 0 Å². The molecule has 1 atom stereocenters. The smallest absolute Gasteiger partial charge is 0.242 e. The molecule has 12 nitrogen and oxygen atoms in total. The Morgan fingerprint density at radius 3 is 2.14 bits per heavy atom. The number of nitrogens with one attached hydrogen (secondary N) is 1. The number of imide groups is 1. The van der Waals surface area contributed by atoms with Crippen LogP contribution in [0.1, 0.15) is 46.0 Å². The molecule has 1 aliphatic rings. The van der Waals surface area contributed by atoms with Crippen molar-refractivity contribution in [1.82, 2.24) is 10.2 Å². The largest absolute Gasteiger partial charge is 0.379 e. The van der Waals surface area contributed by atoms with Gasteiger partial charge in [-0.3, -0.25) is 24.1 Å². The second-order valence-electron chi connectivity index (χ2n) is 8.93. The number of likely N-dealkylation sites (tertiary alicyclic amines) is 1. The van der Waals surface area contributed by atoms with Crippen LogP contribution in [0.3, 0.4) is 0 Å². The number of carbonyl (C=O) groups excluding carboxylic acids is 5. The van der Waals surface area contributed by atoms with E-state index >= 15 is 0 Å². The first-order valence-corrected chi connectivity index (χ1v) is 13.4. The van der Waals surface area contributed by atoms with Crippen LogP contribution < -0.4 is 11.1 Å². The molecule has 4 amide bonds. The summed E-state index contributed by atoms with van der Waals surface area (Å²) >= 11 is 1.41. The maximum Gasteiger partial charge on any atom is 0.242 e. The summed E-state index contributed by atoms with van der Waals surface area (Å²) < 4.78 is 20.9. The number of hydrogen-bond donors (Lipinski definition) is 2. The minimum absolute atomic E-state index is 0.0305. The molecule has 1 rings (SSSR count). The second-order valence-corrected chi connectivity index (χ2v) is 10.8. The van der Waals surface area contributed by atoms with Crippen LogP contribution >= 0.6 is 11.8 Å². The van der Waals surface area contributed by atoms with Crippen LogP contribution in [0.15, 0.2) is 0 Å². The summed E-state index contributed by atoms with van der Waals surface area (Å²) in [7, 11) is 0. The highest BCUT2D eigenvalue weighted by atomic mass is 32.2. The summed E-state index contributed by atoms with van der Waals surface area (Å²) in [6.07, 6.45) is 2.22. The lowest BCUT2D eigenvalue weighted by Gasteiger charge is -2.25. The molecule has 0 aromatic rings. The van der Waals surface area contributed by atoms with Crippen LogP contribution in [-0.2, 0) is 42.9 Å².